The summed E-state index contributed by atoms with van der Waals surface area (Å²) in [6.45, 7) is 8.50. The summed E-state index contributed by atoms with van der Waals surface area (Å²) in [6.07, 6.45) is 0. The summed E-state index contributed by atoms with van der Waals surface area (Å²) in [5.74, 6) is 0. The van der Waals surface area contributed by atoms with E-state index in [9.17, 15) is 0 Å². The molecule has 1 saturated heterocycles. The average molecular weight is 254 g/mol. The first-order valence-electron chi connectivity index (χ1n) is 3.87. The number of alkyl halides is 1. The summed E-state index contributed by atoms with van der Waals surface area (Å²) in [7, 11) is 0. The molecule has 0 spiro atoms. The third-order valence-electron chi connectivity index (χ3n) is 2.08. The zero-order valence-electron chi connectivity index (χ0n) is 6.52. The van der Waals surface area contributed by atoms with Crippen LogP contribution >= 0.6 is 22.6 Å². The first-order valence-corrected chi connectivity index (χ1v) is 5.40. The Morgan fingerprint density at radius 1 is 1.10 bits per heavy atom. The van der Waals surface area contributed by atoms with Crippen LogP contribution in [0.2, 0.25) is 0 Å². The Kier molecular flexibility index (Phi) is 3.95. The predicted molar refractivity (Wildman–Crippen MR) is 52.6 cm³/mol. The van der Waals surface area contributed by atoms with Crippen LogP contribution in [0.1, 0.15) is 6.92 Å². The van der Waals surface area contributed by atoms with Crippen LogP contribution in [-0.4, -0.2) is 47.1 Å². The molecule has 1 aliphatic heterocycles. The molecule has 2 nitrogen and oxygen atoms in total. The predicted octanol–water partition coefficient (Wildman–Crippen LogP) is 1.02. The second-order valence-corrected chi connectivity index (χ2v) is 3.35. The van der Waals surface area contributed by atoms with E-state index in [1.807, 2.05) is 0 Å². The van der Waals surface area contributed by atoms with Gasteiger partial charge in [0.1, 0.15) is 0 Å². The van der Waals surface area contributed by atoms with E-state index in [1.54, 1.807) is 0 Å². The van der Waals surface area contributed by atoms with Gasteiger partial charge < -0.3 is 4.90 Å². The zero-order chi connectivity index (χ0) is 7.40. The molecule has 0 aromatic heterocycles. The topological polar surface area (TPSA) is 6.48 Å². The van der Waals surface area contributed by atoms with Crippen molar-refractivity contribution in [3.63, 3.8) is 0 Å². The van der Waals surface area contributed by atoms with Crippen molar-refractivity contribution in [2.45, 2.75) is 6.92 Å². The molecule has 0 unspecified atom stereocenters. The Labute approximate surface area is 76.7 Å². The SMILES string of the molecule is CCN1CCN(CI)CC1. The van der Waals surface area contributed by atoms with E-state index >= 15 is 0 Å². The number of halogens is 1. The lowest BCUT2D eigenvalue weighted by molar-refractivity contribution is 0.158. The van der Waals surface area contributed by atoms with Crippen molar-refractivity contribution >= 4 is 22.6 Å². The Morgan fingerprint density at radius 3 is 2.00 bits per heavy atom. The van der Waals surface area contributed by atoms with Crippen molar-refractivity contribution < 1.29 is 0 Å². The van der Waals surface area contributed by atoms with Crippen LogP contribution in [0.4, 0.5) is 0 Å². The van der Waals surface area contributed by atoms with Crippen LogP contribution < -0.4 is 0 Å². The smallest absolute Gasteiger partial charge is 0.0506 e. The Morgan fingerprint density at radius 2 is 1.60 bits per heavy atom. The van der Waals surface area contributed by atoms with Gasteiger partial charge in [0.25, 0.3) is 0 Å². The first-order chi connectivity index (χ1) is 4.86. The Balaban J connectivity index is 2.17. The van der Waals surface area contributed by atoms with Crippen molar-refractivity contribution in [1.82, 2.24) is 9.80 Å². The summed E-state index contributed by atoms with van der Waals surface area (Å²) >= 11 is 2.43. The highest BCUT2D eigenvalue weighted by Crippen LogP contribution is 2.02. The molecule has 0 aromatic carbocycles. The molecule has 0 bridgehead atoms. The molecule has 1 rings (SSSR count). The molecule has 10 heavy (non-hydrogen) atoms. The quantitative estimate of drug-likeness (QED) is 0.412. The van der Waals surface area contributed by atoms with Gasteiger partial charge in [-0.1, -0.05) is 29.5 Å². The number of hydrogen-bond acceptors (Lipinski definition) is 2. The molecule has 0 radical (unpaired) electrons. The molecule has 0 N–H and O–H groups in total. The molecule has 60 valence electrons. The largest absolute Gasteiger partial charge is 0.301 e. The molecule has 0 amide bonds. The standard InChI is InChI=1S/C7H15IN2/c1-2-9-3-5-10(7-8)6-4-9/h2-7H2,1H3. The summed E-state index contributed by atoms with van der Waals surface area (Å²) in [6, 6.07) is 0. The van der Waals surface area contributed by atoms with E-state index < -0.39 is 0 Å². The number of hydrogen-bond donors (Lipinski definition) is 0. The van der Waals surface area contributed by atoms with Crippen molar-refractivity contribution in [3.05, 3.63) is 0 Å². The van der Waals surface area contributed by atoms with Crippen LogP contribution in [0.15, 0.2) is 0 Å². The van der Waals surface area contributed by atoms with E-state index in [0.717, 1.165) is 0 Å². The minimum atomic E-state index is 1.19. The summed E-state index contributed by atoms with van der Waals surface area (Å²) < 4.78 is 1.19. The van der Waals surface area contributed by atoms with Gasteiger partial charge in [-0.25, -0.2) is 0 Å². The van der Waals surface area contributed by atoms with E-state index in [-0.39, 0.29) is 0 Å². The lowest BCUT2D eigenvalue weighted by Crippen LogP contribution is -2.45. The maximum Gasteiger partial charge on any atom is 0.0506 e. The molecule has 1 fully saturated rings. The van der Waals surface area contributed by atoms with Crippen molar-refractivity contribution in [1.29, 1.82) is 0 Å². The fraction of sp³-hybridized carbons (Fsp3) is 1.00. The Hall–Kier alpha value is 0.650. The van der Waals surface area contributed by atoms with E-state index in [1.165, 1.54) is 37.3 Å². The summed E-state index contributed by atoms with van der Waals surface area (Å²) in [5.41, 5.74) is 0. The highest BCUT2D eigenvalue weighted by atomic mass is 127. The van der Waals surface area contributed by atoms with E-state index in [2.05, 4.69) is 39.3 Å². The van der Waals surface area contributed by atoms with Crippen molar-refractivity contribution in [2.24, 2.45) is 0 Å². The fourth-order valence-corrected chi connectivity index (χ4v) is 1.91. The molecule has 0 saturated carbocycles. The second kappa shape index (κ2) is 4.51. The number of rotatable bonds is 2. The molecule has 0 atom stereocenters. The van der Waals surface area contributed by atoms with Gasteiger partial charge in [0.2, 0.25) is 0 Å². The Bertz CT molecular complexity index is 77.6. The fourth-order valence-electron chi connectivity index (χ4n) is 1.23. The van der Waals surface area contributed by atoms with E-state index in [0.29, 0.717) is 0 Å². The molecular formula is C7H15IN2. The van der Waals surface area contributed by atoms with Crippen LogP contribution in [0.25, 0.3) is 0 Å². The number of nitrogens with zero attached hydrogens (tertiary/aromatic N) is 2. The molecular weight excluding hydrogens is 239 g/mol. The van der Waals surface area contributed by atoms with Crippen LogP contribution in [-0.2, 0) is 0 Å². The van der Waals surface area contributed by atoms with Gasteiger partial charge in [0.05, 0.1) is 4.55 Å². The van der Waals surface area contributed by atoms with Gasteiger partial charge in [-0.2, -0.15) is 0 Å². The minimum absolute atomic E-state index is 1.19. The zero-order valence-corrected chi connectivity index (χ0v) is 8.67. The molecule has 3 heteroatoms. The van der Waals surface area contributed by atoms with Crippen LogP contribution in [0, 0.1) is 0 Å². The first kappa shape index (κ1) is 8.74. The van der Waals surface area contributed by atoms with Gasteiger partial charge in [0.15, 0.2) is 0 Å². The number of piperazine rings is 1. The lowest BCUT2D eigenvalue weighted by atomic mass is 10.3. The summed E-state index contributed by atoms with van der Waals surface area (Å²) in [5, 5.41) is 0. The molecule has 1 aliphatic rings. The average Bonchev–Trinajstić information content (AvgIpc) is 2.05. The second-order valence-electron chi connectivity index (χ2n) is 2.67. The van der Waals surface area contributed by atoms with Crippen LogP contribution in [0.5, 0.6) is 0 Å². The summed E-state index contributed by atoms with van der Waals surface area (Å²) in [4.78, 5) is 5.00. The molecule has 1 heterocycles. The number of likely N-dealkylation sites (N-methyl/N-ethyl adjacent to an activating group) is 1. The highest BCUT2D eigenvalue weighted by molar-refractivity contribution is 14.1. The third-order valence-corrected chi connectivity index (χ3v) is 3.05. The maximum absolute atomic E-state index is 2.50. The van der Waals surface area contributed by atoms with Gasteiger partial charge in [-0.15, -0.1) is 0 Å². The van der Waals surface area contributed by atoms with E-state index in [4.69, 9.17) is 0 Å². The maximum atomic E-state index is 2.50. The lowest BCUT2D eigenvalue weighted by Gasteiger charge is -2.32. The van der Waals surface area contributed by atoms with Crippen molar-refractivity contribution in [3.8, 4) is 0 Å². The van der Waals surface area contributed by atoms with Crippen molar-refractivity contribution in [2.75, 3.05) is 37.3 Å². The monoisotopic (exact) mass is 254 g/mol. The van der Waals surface area contributed by atoms with Crippen LogP contribution in [0.3, 0.4) is 0 Å². The molecule has 0 aliphatic carbocycles. The normalized spacial score (nSPS) is 23.4. The van der Waals surface area contributed by atoms with Gasteiger partial charge in [-0.3, -0.25) is 4.90 Å². The highest BCUT2D eigenvalue weighted by Gasteiger charge is 2.13. The van der Waals surface area contributed by atoms with Gasteiger partial charge >= 0.3 is 0 Å². The third kappa shape index (κ3) is 2.36. The molecule has 0 aromatic rings. The van der Waals surface area contributed by atoms with Gasteiger partial charge in [0, 0.05) is 26.2 Å². The van der Waals surface area contributed by atoms with Gasteiger partial charge in [-0.05, 0) is 6.54 Å². The minimum Gasteiger partial charge on any atom is -0.301 e.